The number of nitrogens with zero attached hydrogens (tertiary/aromatic N) is 1. The Hall–Kier alpha value is -2.54. The highest BCUT2D eigenvalue weighted by Gasteiger charge is 2.15. The van der Waals surface area contributed by atoms with Crippen molar-refractivity contribution in [3.63, 3.8) is 0 Å². The minimum Gasteiger partial charge on any atom is -0.497 e. The van der Waals surface area contributed by atoms with Crippen molar-refractivity contribution in [2.45, 2.75) is 17.1 Å². The van der Waals surface area contributed by atoms with Crippen molar-refractivity contribution >= 4 is 29.0 Å². The molecule has 0 bridgehead atoms. The summed E-state index contributed by atoms with van der Waals surface area (Å²) in [6.45, 7) is 1.78. The van der Waals surface area contributed by atoms with Crippen LogP contribution in [0.15, 0.2) is 53.4 Å². The van der Waals surface area contributed by atoms with Crippen LogP contribution in [0.4, 0.5) is 11.4 Å². The third-order valence-corrected chi connectivity index (χ3v) is 4.20. The minimum atomic E-state index is -0.450. The van der Waals surface area contributed by atoms with Gasteiger partial charge in [0.15, 0.2) is 0 Å². The molecule has 0 spiro atoms. The summed E-state index contributed by atoms with van der Waals surface area (Å²) in [5.74, 6) is 0.579. The van der Waals surface area contributed by atoms with Gasteiger partial charge >= 0.3 is 0 Å². The van der Waals surface area contributed by atoms with E-state index in [-0.39, 0.29) is 16.8 Å². The number of hydrogen-bond donors (Lipinski definition) is 1. The van der Waals surface area contributed by atoms with E-state index in [2.05, 4.69) is 5.32 Å². The van der Waals surface area contributed by atoms with E-state index in [1.165, 1.54) is 23.9 Å². The van der Waals surface area contributed by atoms with Crippen LogP contribution in [0.2, 0.25) is 0 Å². The molecule has 23 heavy (non-hydrogen) atoms. The molecule has 0 saturated carbocycles. The second-order valence-corrected chi connectivity index (χ2v) is 6.14. The molecular weight excluding hydrogens is 316 g/mol. The minimum absolute atomic E-state index is 0.0321. The lowest BCUT2D eigenvalue weighted by Crippen LogP contribution is -2.22. The number of carbonyl (C=O) groups excluding carboxylic acids is 1. The van der Waals surface area contributed by atoms with Crippen LogP contribution in [0, 0.1) is 10.1 Å². The lowest BCUT2D eigenvalue weighted by Gasteiger charge is -2.12. The molecule has 0 aromatic heterocycles. The number of nitro groups is 1. The van der Waals surface area contributed by atoms with E-state index in [0.717, 1.165) is 10.6 Å². The fourth-order valence-corrected chi connectivity index (χ4v) is 2.69. The predicted octanol–water partition coefficient (Wildman–Crippen LogP) is 3.72. The second-order valence-electron chi connectivity index (χ2n) is 4.73. The Kier molecular flexibility index (Phi) is 5.59. The van der Waals surface area contributed by atoms with Gasteiger partial charge in [-0.05, 0) is 43.3 Å². The number of carbonyl (C=O) groups is 1. The SMILES string of the molecule is COc1ccc(NC(=O)C(C)Sc2ccc([N+](=O)[O-])cc2)cc1. The summed E-state index contributed by atoms with van der Waals surface area (Å²) >= 11 is 1.34. The quantitative estimate of drug-likeness (QED) is 0.495. The van der Waals surface area contributed by atoms with Gasteiger partial charge in [-0.3, -0.25) is 14.9 Å². The molecule has 2 aromatic rings. The van der Waals surface area contributed by atoms with Crippen LogP contribution in [-0.4, -0.2) is 23.2 Å². The molecule has 0 aliphatic rings. The molecule has 2 aromatic carbocycles. The fourth-order valence-electron chi connectivity index (χ4n) is 1.82. The van der Waals surface area contributed by atoms with Crippen molar-refractivity contribution in [1.82, 2.24) is 0 Å². The Morgan fingerprint density at radius 1 is 1.17 bits per heavy atom. The third-order valence-electron chi connectivity index (χ3n) is 3.09. The number of nitro benzene ring substituents is 1. The van der Waals surface area contributed by atoms with E-state index in [1.54, 1.807) is 50.4 Å². The maximum atomic E-state index is 12.2. The summed E-state index contributed by atoms with van der Waals surface area (Å²) in [7, 11) is 1.58. The first kappa shape index (κ1) is 16.8. The number of rotatable bonds is 6. The van der Waals surface area contributed by atoms with E-state index in [1.807, 2.05) is 0 Å². The molecule has 7 heteroatoms. The normalized spacial score (nSPS) is 11.6. The van der Waals surface area contributed by atoms with Crippen LogP contribution in [0.5, 0.6) is 5.75 Å². The number of thioether (sulfide) groups is 1. The number of nitrogens with one attached hydrogen (secondary N) is 1. The van der Waals surface area contributed by atoms with E-state index in [0.29, 0.717) is 5.69 Å². The fraction of sp³-hybridized carbons (Fsp3) is 0.188. The Bertz CT molecular complexity index is 686. The Labute approximate surface area is 138 Å². The number of anilines is 1. The molecule has 1 unspecified atom stereocenters. The first-order valence-electron chi connectivity index (χ1n) is 6.85. The van der Waals surface area contributed by atoms with Gasteiger partial charge < -0.3 is 10.1 Å². The van der Waals surface area contributed by atoms with Crippen molar-refractivity contribution < 1.29 is 14.5 Å². The first-order valence-corrected chi connectivity index (χ1v) is 7.73. The van der Waals surface area contributed by atoms with Gasteiger partial charge in [0.1, 0.15) is 5.75 Å². The monoisotopic (exact) mass is 332 g/mol. The van der Waals surface area contributed by atoms with Crippen molar-refractivity contribution in [1.29, 1.82) is 0 Å². The molecule has 120 valence electrons. The van der Waals surface area contributed by atoms with Crippen molar-refractivity contribution in [3.05, 3.63) is 58.6 Å². The number of amides is 1. The summed E-state index contributed by atoms with van der Waals surface area (Å²) < 4.78 is 5.06. The summed E-state index contributed by atoms with van der Waals surface area (Å²) in [5, 5.41) is 13.1. The van der Waals surface area contributed by atoms with Crippen LogP contribution < -0.4 is 10.1 Å². The first-order chi connectivity index (χ1) is 11.0. The van der Waals surface area contributed by atoms with Gasteiger partial charge in [-0.1, -0.05) is 0 Å². The number of non-ortho nitro benzene ring substituents is 1. The smallest absolute Gasteiger partial charge is 0.269 e. The van der Waals surface area contributed by atoms with Crippen molar-refractivity contribution in [2.24, 2.45) is 0 Å². The highest BCUT2D eigenvalue weighted by Crippen LogP contribution is 2.26. The molecule has 1 amide bonds. The van der Waals surface area contributed by atoms with E-state index >= 15 is 0 Å². The van der Waals surface area contributed by atoms with Crippen LogP contribution in [0.1, 0.15) is 6.92 Å². The Morgan fingerprint density at radius 2 is 1.78 bits per heavy atom. The molecule has 1 atom stereocenters. The highest BCUT2D eigenvalue weighted by molar-refractivity contribution is 8.00. The van der Waals surface area contributed by atoms with Crippen molar-refractivity contribution in [3.8, 4) is 5.75 Å². The lowest BCUT2D eigenvalue weighted by molar-refractivity contribution is -0.384. The number of ether oxygens (including phenoxy) is 1. The standard InChI is InChI=1S/C16H16N2O4S/c1-11(23-15-9-5-13(6-10-15)18(20)21)16(19)17-12-3-7-14(22-2)8-4-12/h3-11H,1-2H3,(H,17,19). The van der Waals surface area contributed by atoms with Gasteiger partial charge in [0.2, 0.25) is 5.91 Å². The average Bonchev–Trinajstić information content (AvgIpc) is 2.56. The topological polar surface area (TPSA) is 81.5 Å². The average molecular weight is 332 g/mol. The predicted molar refractivity (Wildman–Crippen MR) is 90.0 cm³/mol. The van der Waals surface area contributed by atoms with Crippen LogP contribution in [0.25, 0.3) is 0 Å². The van der Waals surface area contributed by atoms with Crippen LogP contribution in [-0.2, 0) is 4.79 Å². The van der Waals surface area contributed by atoms with Gasteiger partial charge in [0.25, 0.3) is 5.69 Å². The number of methoxy groups -OCH3 is 1. The molecule has 1 N–H and O–H groups in total. The molecule has 2 rings (SSSR count). The zero-order chi connectivity index (χ0) is 16.8. The zero-order valence-corrected chi connectivity index (χ0v) is 13.5. The molecule has 0 saturated heterocycles. The molecule has 0 heterocycles. The highest BCUT2D eigenvalue weighted by atomic mass is 32.2. The number of benzene rings is 2. The van der Waals surface area contributed by atoms with E-state index in [9.17, 15) is 14.9 Å². The Morgan fingerprint density at radius 3 is 2.30 bits per heavy atom. The summed E-state index contributed by atoms with van der Waals surface area (Å²) in [6.07, 6.45) is 0. The third kappa shape index (κ3) is 4.72. The molecular formula is C16H16N2O4S. The Balaban J connectivity index is 1.94. The lowest BCUT2D eigenvalue weighted by atomic mass is 10.3. The maximum Gasteiger partial charge on any atom is 0.269 e. The summed E-state index contributed by atoms with van der Waals surface area (Å²) in [5.41, 5.74) is 0.719. The largest absolute Gasteiger partial charge is 0.497 e. The van der Waals surface area contributed by atoms with E-state index < -0.39 is 4.92 Å². The van der Waals surface area contributed by atoms with Gasteiger partial charge in [-0.15, -0.1) is 11.8 Å². The summed E-state index contributed by atoms with van der Waals surface area (Å²) in [4.78, 5) is 23.1. The molecule has 6 nitrogen and oxygen atoms in total. The number of hydrogen-bond acceptors (Lipinski definition) is 5. The van der Waals surface area contributed by atoms with Gasteiger partial charge in [0.05, 0.1) is 17.3 Å². The van der Waals surface area contributed by atoms with Gasteiger partial charge in [0, 0.05) is 22.7 Å². The zero-order valence-electron chi connectivity index (χ0n) is 12.7. The maximum absolute atomic E-state index is 12.2. The summed E-state index contributed by atoms with van der Waals surface area (Å²) in [6, 6.07) is 13.2. The van der Waals surface area contributed by atoms with E-state index in [4.69, 9.17) is 4.74 Å². The van der Waals surface area contributed by atoms with Crippen molar-refractivity contribution in [2.75, 3.05) is 12.4 Å². The second kappa shape index (κ2) is 7.64. The van der Waals surface area contributed by atoms with Crippen LogP contribution >= 0.6 is 11.8 Å². The molecule has 0 fully saturated rings. The molecule has 0 aliphatic carbocycles. The van der Waals surface area contributed by atoms with Crippen LogP contribution in [0.3, 0.4) is 0 Å². The van der Waals surface area contributed by atoms with Gasteiger partial charge in [-0.2, -0.15) is 0 Å². The molecule has 0 aliphatic heterocycles. The molecule has 0 radical (unpaired) electrons. The van der Waals surface area contributed by atoms with Gasteiger partial charge in [-0.25, -0.2) is 0 Å².